The molecule has 6 heteroatoms. The van der Waals surface area contributed by atoms with Crippen molar-refractivity contribution >= 4 is 11.0 Å². The molecule has 2 aromatic carbocycles. The third-order valence-corrected chi connectivity index (χ3v) is 4.33. The van der Waals surface area contributed by atoms with E-state index in [0.717, 1.165) is 22.1 Å². The van der Waals surface area contributed by atoms with Gasteiger partial charge < -0.3 is 14.6 Å². The Labute approximate surface area is 213 Å². The predicted molar refractivity (Wildman–Crippen MR) is 104 cm³/mol. The number of hydrogen-bond donors (Lipinski definition) is 0. The largest absolute Gasteiger partial charge is 1.00 e. The minimum atomic E-state index is -0.906. The maximum atomic E-state index is 12.2. The van der Waals surface area contributed by atoms with Gasteiger partial charge in [0.1, 0.15) is 11.3 Å². The van der Waals surface area contributed by atoms with E-state index in [9.17, 15) is 15.0 Å². The van der Waals surface area contributed by atoms with E-state index >= 15 is 0 Å². The topological polar surface area (TPSA) is 76.3 Å². The molecule has 4 nitrogen and oxygen atoms in total. The van der Waals surface area contributed by atoms with Gasteiger partial charge in [0, 0.05) is 22.6 Å². The fourth-order valence-electron chi connectivity index (χ4n) is 3.22. The first kappa shape index (κ1) is 25.7. The predicted octanol–water partition coefficient (Wildman–Crippen LogP) is -2.13. The van der Waals surface area contributed by atoms with Gasteiger partial charge >= 0.3 is 59.1 Å². The summed E-state index contributed by atoms with van der Waals surface area (Å²) < 4.78 is 5.79. The Balaban J connectivity index is 0.00000102. The van der Waals surface area contributed by atoms with Crippen molar-refractivity contribution in [3.8, 4) is 28.2 Å². The quantitative estimate of drug-likeness (QED) is 0.217. The van der Waals surface area contributed by atoms with Crippen LogP contribution in [-0.2, 0) is 0 Å². The Morgan fingerprint density at radius 2 is 1.62 bits per heavy atom. The smallest absolute Gasteiger partial charge is 0.872 e. The minimum Gasteiger partial charge on any atom is -0.872 e. The summed E-state index contributed by atoms with van der Waals surface area (Å²) in [4.78, 5) is 11.7. The van der Waals surface area contributed by atoms with Crippen molar-refractivity contribution in [2.75, 3.05) is 0 Å². The fourth-order valence-corrected chi connectivity index (χ4v) is 3.22. The van der Waals surface area contributed by atoms with Crippen LogP contribution in [-0.4, -0.2) is 0 Å². The van der Waals surface area contributed by atoms with E-state index in [1.54, 1.807) is 25.1 Å². The van der Waals surface area contributed by atoms with Crippen molar-refractivity contribution in [3.63, 3.8) is 0 Å². The Hall–Kier alpha value is -1.37. The average molecular weight is 404 g/mol. The van der Waals surface area contributed by atoms with Gasteiger partial charge in [-0.1, -0.05) is 48.9 Å². The Morgan fingerprint density at radius 1 is 0.931 bits per heavy atom. The first-order valence-corrected chi connectivity index (χ1v) is 8.47. The monoisotopic (exact) mass is 404 g/mol. The fraction of sp³-hybridized carbons (Fsp3) is 0.0870. The van der Waals surface area contributed by atoms with Gasteiger partial charge in [0.25, 0.3) is 0 Å². The molecule has 0 radical (unpaired) electrons. The zero-order chi connectivity index (χ0) is 19.6. The zero-order valence-corrected chi connectivity index (χ0v) is 20.9. The third-order valence-electron chi connectivity index (χ3n) is 4.33. The molecule has 1 aliphatic heterocycles. The van der Waals surface area contributed by atoms with Crippen LogP contribution in [0, 0.1) is 0 Å². The normalized spacial score (nSPS) is 11.0. The van der Waals surface area contributed by atoms with Crippen molar-refractivity contribution in [3.05, 3.63) is 89.6 Å². The molecule has 0 spiro atoms. The van der Waals surface area contributed by atoms with E-state index in [4.69, 9.17) is 4.42 Å². The summed E-state index contributed by atoms with van der Waals surface area (Å²) in [5, 5.41) is 24.7. The van der Waals surface area contributed by atoms with E-state index in [2.05, 4.69) is 13.2 Å². The molecule has 0 N–H and O–H groups in total. The van der Waals surface area contributed by atoms with Crippen LogP contribution in [0.4, 0.5) is 0 Å². The van der Waals surface area contributed by atoms with Crippen LogP contribution in [0.2, 0.25) is 0 Å². The Bertz CT molecular complexity index is 1140. The molecule has 2 aromatic rings. The van der Waals surface area contributed by atoms with E-state index in [0.29, 0.717) is 16.9 Å². The SMILES string of the molecule is C=C.CC([O-])c1ccccc1-c1c2ccc(=O)cc-2oc2cc([O-])ccc12.[Na+].[Na+]. The maximum Gasteiger partial charge on any atom is 1.00 e. The molecule has 4 rings (SSSR count). The van der Waals surface area contributed by atoms with Crippen LogP contribution < -0.4 is 74.8 Å². The van der Waals surface area contributed by atoms with E-state index in [1.165, 1.54) is 24.3 Å². The molecule has 0 saturated carbocycles. The first-order chi connectivity index (χ1) is 13.0. The van der Waals surface area contributed by atoms with Crippen LogP contribution in [0.1, 0.15) is 18.6 Å². The molecule has 0 amide bonds. The van der Waals surface area contributed by atoms with Gasteiger partial charge in [-0.2, -0.15) is 0 Å². The molecule has 2 aliphatic rings. The molecule has 1 atom stereocenters. The summed E-state index contributed by atoms with van der Waals surface area (Å²) in [5.74, 6) is 0.222. The number of rotatable bonds is 2. The molecule has 1 aliphatic carbocycles. The Kier molecular flexibility index (Phi) is 9.86. The van der Waals surface area contributed by atoms with Crippen LogP contribution in [0.5, 0.6) is 5.75 Å². The molecular formula is C23H18Na2O4. The summed E-state index contributed by atoms with van der Waals surface area (Å²) in [6.45, 7) is 7.60. The minimum absolute atomic E-state index is 0. The first-order valence-electron chi connectivity index (χ1n) is 8.47. The van der Waals surface area contributed by atoms with Crippen molar-refractivity contribution in [1.29, 1.82) is 0 Å². The van der Waals surface area contributed by atoms with Crippen LogP contribution >= 0.6 is 0 Å². The van der Waals surface area contributed by atoms with E-state index in [-0.39, 0.29) is 70.3 Å². The van der Waals surface area contributed by atoms with Crippen LogP contribution in [0.3, 0.4) is 0 Å². The van der Waals surface area contributed by atoms with Crippen molar-refractivity contribution in [1.82, 2.24) is 0 Å². The molecule has 29 heavy (non-hydrogen) atoms. The van der Waals surface area contributed by atoms with Gasteiger partial charge in [-0.05, 0) is 23.8 Å². The summed E-state index contributed by atoms with van der Waals surface area (Å²) >= 11 is 0. The summed E-state index contributed by atoms with van der Waals surface area (Å²) in [6, 6.07) is 16.5. The number of benzene rings is 3. The molecule has 1 unspecified atom stereocenters. The van der Waals surface area contributed by atoms with Gasteiger partial charge in [0.2, 0.25) is 0 Å². The van der Waals surface area contributed by atoms with E-state index < -0.39 is 6.10 Å². The van der Waals surface area contributed by atoms with Crippen LogP contribution in [0.15, 0.2) is 83.0 Å². The van der Waals surface area contributed by atoms with Crippen molar-refractivity contribution in [2.24, 2.45) is 0 Å². The van der Waals surface area contributed by atoms with Gasteiger partial charge in [0.05, 0.1) is 0 Å². The summed E-state index contributed by atoms with van der Waals surface area (Å²) in [5.41, 5.74) is 3.20. The zero-order valence-electron chi connectivity index (χ0n) is 16.9. The standard InChI is InChI=1S/C21H15O4.C2H4.2Na/c1-12(22)15-4-2-3-5-16(15)21-17-8-6-13(23)10-19(17)25-20-11-14(24)7-9-18(20)21;1-2;;/h2-12,23H,1H3;1-2H2;;/q-1;;2*+1/p-1. The number of fused-ring (bicyclic) bond motifs is 2. The molecular weight excluding hydrogens is 386 g/mol. The molecule has 0 bridgehead atoms. The second kappa shape index (κ2) is 11.1. The number of hydrogen-bond acceptors (Lipinski definition) is 4. The van der Waals surface area contributed by atoms with Crippen molar-refractivity contribution in [2.45, 2.75) is 13.0 Å². The van der Waals surface area contributed by atoms with Gasteiger partial charge in [-0.15, -0.1) is 25.0 Å². The second-order valence-electron chi connectivity index (χ2n) is 6.02. The summed E-state index contributed by atoms with van der Waals surface area (Å²) in [7, 11) is 0. The molecule has 0 fully saturated rings. The molecule has 0 aromatic heterocycles. The molecule has 0 saturated heterocycles. The maximum absolute atomic E-state index is 12.2. The molecule has 1 heterocycles. The average Bonchev–Trinajstić information content (AvgIpc) is 2.67. The van der Waals surface area contributed by atoms with Crippen LogP contribution in [0.25, 0.3) is 33.4 Å². The second-order valence-corrected chi connectivity index (χ2v) is 6.02. The van der Waals surface area contributed by atoms with Gasteiger partial charge in [-0.3, -0.25) is 4.79 Å². The summed E-state index contributed by atoms with van der Waals surface area (Å²) in [6.07, 6.45) is -0.906. The molecule has 136 valence electrons. The third kappa shape index (κ3) is 5.22. The van der Waals surface area contributed by atoms with Crippen molar-refractivity contribution < 1.29 is 73.7 Å². The van der Waals surface area contributed by atoms with Gasteiger partial charge in [-0.25, -0.2) is 0 Å². The Morgan fingerprint density at radius 3 is 2.31 bits per heavy atom. The van der Waals surface area contributed by atoms with Gasteiger partial charge in [0.15, 0.2) is 5.43 Å². The van der Waals surface area contributed by atoms with E-state index in [1.807, 2.05) is 18.2 Å².